The van der Waals surface area contributed by atoms with Crippen molar-refractivity contribution in [2.45, 2.75) is 32.9 Å². The lowest BCUT2D eigenvalue weighted by molar-refractivity contribution is 0.0696. The van der Waals surface area contributed by atoms with Crippen LogP contribution in [0.3, 0.4) is 0 Å². The lowest BCUT2D eigenvalue weighted by Crippen LogP contribution is -2.17. The van der Waals surface area contributed by atoms with Crippen LogP contribution in [0, 0.1) is 0 Å². The molecule has 0 fully saturated rings. The van der Waals surface area contributed by atoms with E-state index in [0.29, 0.717) is 12.3 Å². The van der Waals surface area contributed by atoms with Crippen LogP contribution in [-0.2, 0) is 13.0 Å². The molecule has 4 nitrogen and oxygen atoms in total. The number of carboxylic acid groups (broad SMARTS) is 1. The largest absolute Gasteiger partial charge is 0.478 e. The van der Waals surface area contributed by atoms with Crippen molar-refractivity contribution in [1.29, 1.82) is 0 Å². The smallest absolute Gasteiger partial charge is 0.338 e. The molecular formula is C16H19NO3. The predicted molar refractivity (Wildman–Crippen MR) is 76.7 cm³/mol. The van der Waals surface area contributed by atoms with E-state index in [2.05, 4.69) is 43.4 Å². The molecule has 0 saturated carbocycles. The summed E-state index contributed by atoms with van der Waals surface area (Å²) in [6.45, 7) is 4.71. The summed E-state index contributed by atoms with van der Waals surface area (Å²) < 4.78 is 5.21. The van der Waals surface area contributed by atoms with Gasteiger partial charge in [0.05, 0.1) is 12.1 Å². The quantitative estimate of drug-likeness (QED) is 0.846. The Morgan fingerprint density at radius 1 is 1.35 bits per heavy atom. The van der Waals surface area contributed by atoms with Crippen molar-refractivity contribution in [3.63, 3.8) is 0 Å². The first-order chi connectivity index (χ1) is 9.60. The highest BCUT2D eigenvalue weighted by molar-refractivity contribution is 5.87. The first kappa shape index (κ1) is 14.3. The van der Waals surface area contributed by atoms with Crippen LogP contribution >= 0.6 is 0 Å². The number of nitrogens with one attached hydrogen (secondary N) is 1. The maximum atomic E-state index is 10.8. The molecule has 20 heavy (non-hydrogen) atoms. The van der Waals surface area contributed by atoms with Crippen LogP contribution in [-0.4, -0.2) is 11.1 Å². The summed E-state index contributed by atoms with van der Waals surface area (Å²) in [5, 5.41) is 12.1. The number of furan rings is 1. The molecule has 0 aliphatic rings. The molecule has 0 aliphatic heterocycles. The molecule has 1 unspecified atom stereocenters. The summed E-state index contributed by atoms with van der Waals surface area (Å²) in [4.78, 5) is 10.8. The Kier molecular flexibility index (Phi) is 4.58. The molecule has 1 heterocycles. The van der Waals surface area contributed by atoms with Gasteiger partial charge in [-0.25, -0.2) is 4.79 Å². The molecule has 2 N–H and O–H groups in total. The summed E-state index contributed by atoms with van der Waals surface area (Å²) >= 11 is 0. The number of aromatic carboxylic acids is 1. The Morgan fingerprint density at radius 3 is 2.60 bits per heavy atom. The van der Waals surface area contributed by atoms with Gasteiger partial charge in [0.1, 0.15) is 12.0 Å². The van der Waals surface area contributed by atoms with Crippen molar-refractivity contribution in [2.75, 3.05) is 0 Å². The van der Waals surface area contributed by atoms with E-state index in [1.165, 1.54) is 17.4 Å². The van der Waals surface area contributed by atoms with Gasteiger partial charge in [-0.1, -0.05) is 31.2 Å². The lowest BCUT2D eigenvalue weighted by atomic mass is 10.1. The Labute approximate surface area is 118 Å². The van der Waals surface area contributed by atoms with Crippen LogP contribution in [0.5, 0.6) is 0 Å². The highest BCUT2D eigenvalue weighted by Crippen LogP contribution is 2.15. The molecule has 2 aromatic rings. The van der Waals surface area contributed by atoms with Crippen molar-refractivity contribution >= 4 is 5.97 Å². The summed E-state index contributed by atoms with van der Waals surface area (Å²) in [6, 6.07) is 10.2. The SMILES string of the molecule is CCc1ccc(C(C)NCc2cc(C(=O)O)co2)cc1. The first-order valence-corrected chi connectivity index (χ1v) is 6.73. The van der Waals surface area contributed by atoms with E-state index in [1.54, 1.807) is 6.07 Å². The van der Waals surface area contributed by atoms with Crippen LogP contribution in [0.25, 0.3) is 0 Å². The van der Waals surface area contributed by atoms with Gasteiger partial charge < -0.3 is 14.8 Å². The third kappa shape index (κ3) is 3.48. The zero-order chi connectivity index (χ0) is 14.5. The van der Waals surface area contributed by atoms with E-state index >= 15 is 0 Å². The minimum atomic E-state index is -0.969. The molecule has 0 amide bonds. The molecule has 106 valence electrons. The van der Waals surface area contributed by atoms with Gasteiger partial charge in [-0.05, 0) is 30.5 Å². The molecule has 2 rings (SSSR count). The molecule has 0 radical (unpaired) electrons. The highest BCUT2D eigenvalue weighted by Gasteiger charge is 2.10. The molecule has 0 spiro atoms. The number of carbonyl (C=O) groups is 1. The van der Waals surface area contributed by atoms with E-state index < -0.39 is 5.97 Å². The Balaban J connectivity index is 1.93. The normalized spacial score (nSPS) is 12.3. The molecule has 1 aromatic heterocycles. The van der Waals surface area contributed by atoms with E-state index in [-0.39, 0.29) is 11.6 Å². The second kappa shape index (κ2) is 6.39. The van der Waals surface area contributed by atoms with Crippen molar-refractivity contribution in [1.82, 2.24) is 5.32 Å². The van der Waals surface area contributed by atoms with E-state index in [1.807, 2.05) is 0 Å². The highest BCUT2D eigenvalue weighted by atomic mass is 16.4. The van der Waals surface area contributed by atoms with Gasteiger partial charge in [0.2, 0.25) is 0 Å². The fourth-order valence-corrected chi connectivity index (χ4v) is 2.00. The minimum Gasteiger partial charge on any atom is -0.478 e. The summed E-state index contributed by atoms with van der Waals surface area (Å²) in [5.74, 6) is -0.345. The standard InChI is InChI=1S/C16H19NO3/c1-3-12-4-6-13(7-5-12)11(2)17-9-15-8-14(10-20-15)16(18)19/h4-8,10-11,17H,3,9H2,1-2H3,(H,18,19). The van der Waals surface area contributed by atoms with Crippen molar-refractivity contribution in [3.8, 4) is 0 Å². The lowest BCUT2D eigenvalue weighted by Gasteiger charge is -2.13. The monoisotopic (exact) mass is 273 g/mol. The zero-order valence-corrected chi connectivity index (χ0v) is 11.7. The molecule has 1 atom stereocenters. The summed E-state index contributed by atoms with van der Waals surface area (Å²) in [5.41, 5.74) is 2.70. The average molecular weight is 273 g/mol. The maximum absolute atomic E-state index is 10.8. The predicted octanol–water partition coefficient (Wildman–Crippen LogP) is 3.39. The zero-order valence-electron chi connectivity index (χ0n) is 11.7. The number of benzene rings is 1. The van der Waals surface area contributed by atoms with E-state index in [9.17, 15) is 4.79 Å². The molecule has 0 saturated heterocycles. The van der Waals surface area contributed by atoms with Gasteiger partial charge in [-0.2, -0.15) is 0 Å². The molecule has 0 aliphatic carbocycles. The van der Waals surface area contributed by atoms with Gasteiger partial charge in [0.25, 0.3) is 0 Å². The van der Waals surface area contributed by atoms with Gasteiger partial charge >= 0.3 is 5.97 Å². The van der Waals surface area contributed by atoms with Crippen LogP contribution < -0.4 is 5.32 Å². The van der Waals surface area contributed by atoms with E-state index in [4.69, 9.17) is 9.52 Å². The Morgan fingerprint density at radius 2 is 2.05 bits per heavy atom. The summed E-state index contributed by atoms with van der Waals surface area (Å²) in [6.07, 6.45) is 2.30. The van der Waals surface area contributed by atoms with Crippen molar-refractivity contribution < 1.29 is 14.3 Å². The van der Waals surface area contributed by atoms with Crippen LogP contribution in [0.1, 0.15) is 47.1 Å². The van der Waals surface area contributed by atoms with Gasteiger partial charge in [0.15, 0.2) is 0 Å². The maximum Gasteiger partial charge on any atom is 0.338 e. The number of carboxylic acids is 1. The first-order valence-electron chi connectivity index (χ1n) is 6.73. The second-order valence-electron chi connectivity index (χ2n) is 4.80. The van der Waals surface area contributed by atoms with E-state index in [0.717, 1.165) is 6.42 Å². The number of hydrogen-bond donors (Lipinski definition) is 2. The molecule has 1 aromatic carbocycles. The topological polar surface area (TPSA) is 62.5 Å². The van der Waals surface area contributed by atoms with Crippen LogP contribution in [0.15, 0.2) is 41.0 Å². The number of hydrogen-bond acceptors (Lipinski definition) is 3. The Hall–Kier alpha value is -2.07. The second-order valence-corrected chi connectivity index (χ2v) is 4.80. The Bertz CT molecular complexity index is 572. The third-order valence-corrected chi connectivity index (χ3v) is 3.37. The molecular weight excluding hydrogens is 254 g/mol. The van der Waals surface area contributed by atoms with Crippen LogP contribution in [0.2, 0.25) is 0 Å². The minimum absolute atomic E-state index is 0.180. The van der Waals surface area contributed by atoms with Crippen LogP contribution in [0.4, 0.5) is 0 Å². The fourth-order valence-electron chi connectivity index (χ4n) is 2.00. The molecule has 4 heteroatoms. The van der Waals surface area contributed by atoms with Crippen molar-refractivity contribution in [2.24, 2.45) is 0 Å². The average Bonchev–Trinajstić information content (AvgIpc) is 2.94. The molecule has 0 bridgehead atoms. The van der Waals surface area contributed by atoms with Crippen molar-refractivity contribution in [3.05, 3.63) is 59.0 Å². The van der Waals surface area contributed by atoms with Gasteiger partial charge in [-0.15, -0.1) is 0 Å². The summed E-state index contributed by atoms with van der Waals surface area (Å²) in [7, 11) is 0. The number of aryl methyl sites for hydroxylation is 1. The third-order valence-electron chi connectivity index (χ3n) is 3.37. The van der Waals surface area contributed by atoms with Gasteiger partial charge in [0, 0.05) is 6.04 Å². The fraction of sp³-hybridized carbons (Fsp3) is 0.312. The number of rotatable bonds is 6. The van der Waals surface area contributed by atoms with Gasteiger partial charge in [-0.3, -0.25) is 0 Å².